The lowest BCUT2D eigenvalue weighted by Gasteiger charge is -2.22. The normalized spacial score (nSPS) is 21.5. The van der Waals surface area contributed by atoms with Crippen molar-refractivity contribution in [2.24, 2.45) is 0 Å². The molecule has 1 heterocycles. The zero-order valence-electron chi connectivity index (χ0n) is 10.5. The number of hydrogen-bond donors (Lipinski definition) is 2. The lowest BCUT2D eigenvalue weighted by atomic mass is 10.1. The van der Waals surface area contributed by atoms with Crippen molar-refractivity contribution < 1.29 is 9.84 Å². The molecule has 1 aromatic carbocycles. The molecule has 3 nitrogen and oxygen atoms in total. The summed E-state index contributed by atoms with van der Waals surface area (Å²) in [5.41, 5.74) is 0. The summed E-state index contributed by atoms with van der Waals surface area (Å²) in [6.45, 7) is 1.37. The van der Waals surface area contributed by atoms with Gasteiger partial charge in [0.15, 0.2) is 0 Å². The first-order valence-electron chi connectivity index (χ1n) is 6.45. The number of rotatable bonds is 4. The number of ether oxygens (including phenoxy) is 1. The van der Waals surface area contributed by atoms with E-state index in [0.717, 1.165) is 18.7 Å². The summed E-state index contributed by atoms with van der Waals surface area (Å²) >= 11 is 0. The Morgan fingerprint density at radius 1 is 1.22 bits per heavy atom. The van der Waals surface area contributed by atoms with Gasteiger partial charge in [-0.2, -0.15) is 0 Å². The van der Waals surface area contributed by atoms with Crippen LogP contribution < -0.4 is 10.1 Å². The van der Waals surface area contributed by atoms with Crippen LogP contribution in [0.4, 0.5) is 0 Å². The van der Waals surface area contributed by atoms with E-state index in [1.54, 1.807) is 0 Å². The van der Waals surface area contributed by atoms with Crippen molar-refractivity contribution >= 4 is 12.4 Å². The van der Waals surface area contributed by atoms with Crippen molar-refractivity contribution in [2.45, 2.75) is 37.8 Å². The molecule has 102 valence electrons. The topological polar surface area (TPSA) is 41.5 Å². The number of para-hydroxylation sites is 1. The molecule has 2 atom stereocenters. The Kier molecular flexibility index (Phi) is 7.09. The second-order valence-electron chi connectivity index (χ2n) is 4.60. The highest BCUT2D eigenvalue weighted by atomic mass is 35.5. The van der Waals surface area contributed by atoms with Crippen LogP contribution in [-0.2, 0) is 0 Å². The summed E-state index contributed by atoms with van der Waals surface area (Å²) in [4.78, 5) is 0. The fraction of sp³-hybridized carbons (Fsp3) is 0.571. The molecule has 0 spiro atoms. The van der Waals surface area contributed by atoms with Crippen LogP contribution in [0.3, 0.4) is 0 Å². The molecule has 0 aromatic heterocycles. The second kappa shape index (κ2) is 8.35. The molecule has 2 unspecified atom stereocenters. The second-order valence-corrected chi connectivity index (χ2v) is 4.60. The number of halogens is 1. The Morgan fingerprint density at radius 2 is 2.00 bits per heavy atom. The van der Waals surface area contributed by atoms with Gasteiger partial charge >= 0.3 is 0 Å². The molecular formula is C14H22ClNO2. The fourth-order valence-electron chi connectivity index (χ4n) is 2.20. The predicted octanol–water partition coefficient (Wildman–Crippen LogP) is 2.38. The maximum atomic E-state index is 10.1. The monoisotopic (exact) mass is 271 g/mol. The van der Waals surface area contributed by atoms with Crippen molar-refractivity contribution in [1.29, 1.82) is 0 Å². The summed E-state index contributed by atoms with van der Waals surface area (Å²) in [6.07, 6.45) is 4.28. The minimum atomic E-state index is -0.423. The minimum Gasteiger partial charge on any atom is -0.491 e. The average molecular weight is 272 g/mol. The van der Waals surface area contributed by atoms with E-state index >= 15 is 0 Å². The third kappa shape index (κ3) is 4.84. The third-order valence-corrected chi connectivity index (χ3v) is 3.23. The van der Waals surface area contributed by atoms with Crippen LogP contribution >= 0.6 is 12.4 Å². The highest BCUT2D eigenvalue weighted by Crippen LogP contribution is 2.13. The summed E-state index contributed by atoms with van der Waals surface area (Å²) in [7, 11) is 0. The van der Waals surface area contributed by atoms with Crippen molar-refractivity contribution in [1.82, 2.24) is 5.32 Å². The van der Waals surface area contributed by atoms with Crippen molar-refractivity contribution in [3.05, 3.63) is 30.3 Å². The van der Waals surface area contributed by atoms with Gasteiger partial charge in [0.05, 0.1) is 0 Å². The van der Waals surface area contributed by atoms with Crippen LogP contribution in [0.15, 0.2) is 30.3 Å². The Hall–Kier alpha value is -0.770. The largest absolute Gasteiger partial charge is 0.491 e. The van der Waals surface area contributed by atoms with Gasteiger partial charge in [-0.15, -0.1) is 12.4 Å². The highest BCUT2D eigenvalue weighted by Gasteiger charge is 2.20. The van der Waals surface area contributed by atoms with Gasteiger partial charge in [0, 0.05) is 6.04 Å². The summed E-state index contributed by atoms with van der Waals surface area (Å²) in [5.74, 6) is 0.820. The van der Waals surface area contributed by atoms with E-state index in [0.29, 0.717) is 6.61 Å². The highest BCUT2D eigenvalue weighted by molar-refractivity contribution is 5.85. The minimum absolute atomic E-state index is 0. The van der Waals surface area contributed by atoms with Crippen LogP contribution in [0.5, 0.6) is 5.75 Å². The van der Waals surface area contributed by atoms with Crippen LogP contribution in [-0.4, -0.2) is 30.4 Å². The van der Waals surface area contributed by atoms with Crippen LogP contribution in [0, 0.1) is 0 Å². The third-order valence-electron chi connectivity index (χ3n) is 3.23. The smallest absolute Gasteiger partial charge is 0.119 e. The van der Waals surface area contributed by atoms with E-state index in [4.69, 9.17) is 4.74 Å². The first kappa shape index (κ1) is 15.3. The van der Waals surface area contributed by atoms with Gasteiger partial charge in [-0.3, -0.25) is 0 Å². The zero-order chi connectivity index (χ0) is 11.9. The quantitative estimate of drug-likeness (QED) is 0.884. The van der Waals surface area contributed by atoms with Gasteiger partial charge in [-0.25, -0.2) is 0 Å². The van der Waals surface area contributed by atoms with Gasteiger partial charge in [-0.1, -0.05) is 31.0 Å². The van der Waals surface area contributed by atoms with Gasteiger partial charge < -0.3 is 15.2 Å². The first-order chi connectivity index (χ1) is 8.36. The summed E-state index contributed by atoms with van der Waals surface area (Å²) in [6, 6.07) is 9.83. The molecule has 2 rings (SSSR count). The SMILES string of the molecule is Cl.OC(COc1ccccc1)C1CCCCCN1. The van der Waals surface area contributed by atoms with E-state index in [9.17, 15) is 5.11 Å². The van der Waals surface area contributed by atoms with Crippen LogP contribution in [0.1, 0.15) is 25.7 Å². The Balaban J connectivity index is 0.00000162. The molecule has 2 N–H and O–H groups in total. The summed E-state index contributed by atoms with van der Waals surface area (Å²) < 4.78 is 5.57. The Bertz CT molecular complexity index is 313. The fourth-order valence-corrected chi connectivity index (χ4v) is 2.20. The molecule has 1 aromatic rings. The average Bonchev–Trinajstić information content (AvgIpc) is 2.66. The van der Waals surface area contributed by atoms with E-state index in [-0.39, 0.29) is 18.4 Å². The molecule has 0 saturated carbocycles. The van der Waals surface area contributed by atoms with Gasteiger partial charge in [-0.05, 0) is 31.5 Å². The number of aliphatic hydroxyl groups excluding tert-OH is 1. The molecule has 1 aliphatic heterocycles. The van der Waals surface area contributed by atoms with Gasteiger partial charge in [0.25, 0.3) is 0 Å². The lowest BCUT2D eigenvalue weighted by Crippen LogP contribution is -2.42. The Labute approximate surface area is 115 Å². The first-order valence-corrected chi connectivity index (χ1v) is 6.45. The number of nitrogens with one attached hydrogen (secondary N) is 1. The van der Waals surface area contributed by atoms with E-state index in [1.807, 2.05) is 30.3 Å². The van der Waals surface area contributed by atoms with E-state index < -0.39 is 6.10 Å². The number of benzene rings is 1. The standard InChI is InChI=1S/C14H21NO2.ClH/c16-14(13-9-5-2-6-10-15-13)11-17-12-7-3-1-4-8-12;/h1,3-4,7-8,13-16H,2,5-6,9-11H2;1H. The van der Waals surface area contributed by atoms with Gasteiger partial charge in [0.2, 0.25) is 0 Å². The molecule has 0 aliphatic carbocycles. The maximum Gasteiger partial charge on any atom is 0.119 e. The summed E-state index contributed by atoms with van der Waals surface area (Å²) in [5, 5.41) is 13.5. The van der Waals surface area contributed by atoms with E-state index in [2.05, 4.69) is 5.32 Å². The lowest BCUT2D eigenvalue weighted by molar-refractivity contribution is 0.0718. The molecule has 1 saturated heterocycles. The molecular weight excluding hydrogens is 250 g/mol. The molecule has 0 amide bonds. The molecule has 18 heavy (non-hydrogen) atoms. The molecule has 1 fully saturated rings. The molecule has 0 radical (unpaired) electrons. The molecule has 4 heteroatoms. The molecule has 0 bridgehead atoms. The van der Waals surface area contributed by atoms with E-state index in [1.165, 1.54) is 19.3 Å². The van der Waals surface area contributed by atoms with Crippen molar-refractivity contribution in [3.8, 4) is 5.75 Å². The Morgan fingerprint density at radius 3 is 2.78 bits per heavy atom. The van der Waals surface area contributed by atoms with Gasteiger partial charge in [0.1, 0.15) is 18.5 Å². The van der Waals surface area contributed by atoms with Crippen LogP contribution in [0.25, 0.3) is 0 Å². The van der Waals surface area contributed by atoms with Crippen molar-refractivity contribution in [3.63, 3.8) is 0 Å². The van der Waals surface area contributed by atoms with Crippen LogP contribution in [0.2, 0.25) is 0 Å². The predicted molar refractivity (Wildman–Crippen MR) is 75.5 cm³/mol. The van der Waals surface area contributed by atoms with Crippen molar-refractivity contribution in [2.75, 3.05) is 13.2 Å². The molecule has 1 aliphatic rings. The number of aliphatic hydroxyl groups is 1. The zero-order valence-corrected chi connectivity index (χ0v) is 11.4. The maximum absolute atomic E-state index is 10.1. The number of hydrogen-bond acceptors (Lipinski definition) is 3.